The molecule has 0 aliphatic carbocycles. The van der Waals surface area contributed by atoms with Crippen LogP contribution in [0.15, 0.2) is 12.1 Å². The second-order valence-corrected chi connectivity index (χ2v) is 5.52. The van der Waals surface area contributed by atoms with Crippen molar-refractivity contribution in [3.63, 3.8) is 0 Å². The van der Waals surface area contributed by atoms with Crippen LogP contribution in [-0.4, -0.2) is 32.5 Å². The molecule has 120 valence electrons. The molecule has 0 bridgehead atoms. The van der Waals surface area contributed by atoms with Gasteiger partial charge in [0.2, 0.25) is 5.75 Å². The molecule has 5 heteroatoms. The quantitative estimate of drug-likeness (QED) is 0.771. The summed E-state index contributed by atoms with van der Waals surface area (Å²) in [7, 11) is 4.67. The van der Waals surface area contributed by atoms with E-state index in [0.717, 1.165) is 12.0 Å². The van der Waals surface area contributed by atoms with Crippen LogP contribution < -0.4 is 19.9 Å². The molecule has 21 heavy (non-hydrogen) atoms. The van der Waals surface area contributed by atoms with Gasteiger partial charge >= 0.3 is 0 Å². The Morgan fingerprint density at radius 3 is 1.90 bits per heavy atom. The molecule has 1 aromatic rings. The van der Waals surface area contributed by atoms with Gasteiger partial charge in [-0.25, -0.2) is 0 Å². The monoisotopic (exact) mass is 297 g/mol. The number of ether oxygens (including phenoxy) is 3. The van der Waals surface area contributed by atoms with Crippen molar-refractivity contribution in [2.75, 3.05) is 21.3 Å². The van der Waals surface area contributed by atoms with Crippen molar-refractivity contribution in [1.82, 2.24) is 0 Å². The molecule has 0 aliphatic heterocycles. The van der Waals surface area contributed by atoms with Gasteiger partial charge in [-0.15, -0.1) is 0 Å². The molecular weight excluding hydrogens is 270 g/mol. The van der Waals surface area contributed by atoms with Crippen LogP contribution in [0.5, 0.6) is 17.2 Å². The molecule has 0 fully saturated rings. The first-order chi connectivity index (χ1) is 9.94. The van der Waals surface area contributed by atoms with E-state index in [1.54, 1.807) is 33.5 Å². The predicted molar refractivity (Wildman–Crippen MR) is 83.1 cm³/mol. The van der Waals surface area contributed by atoms with Gasteiger partial charge in [0.1, 0.15) is 0 Å². The molecule has 1 aromatic carbocycles. The van der Waals surface area contributed by atoms with Gasteiger partial charge in [-0.2, -0.15) is 0 Å². The summed E-state index contributed by atoms with van der Waals surface area (Å²) in [4.78, 5) is 0. The van der Waals surface area contributed by atoms with Crippen LogP contribution in [0.2, 0.25) is 0 Å². The molecular formula is C16H27NO4. The molecule has 0 radical (unpaired) electrons. The third-order valence-electron chi connectivity index (χ3n) is 3.53. The van der Waals surface area contributed by atoms with E-state index in [4.69, 9.17) is 19.9 Å². The smallest absolute Gasteiger partial charge is 0.203 e. The standard InChI is InChI=1S/C16H27NO4/c1-10(2)6-7-12(18)15(17)11-8-13(19-3)16(21-5)14(9-11)20-4/h8-10,12,15,18H,6-7,17H2,1-5H3/t12-,15+/m0/s1. The van der Waals surface area contributed by atoms with E-state index in [1.807, 2.05) is 0 Å². The van der Waals surface area contributed by atoms with Crippen LogP contribution in [0.1, 0.15) is 38.3 Å². The molecule has 0 saturated heterocycles. The second kappa shape index (κ2) is 8.10. The third-order valence-corrected chi connectivity index (χ3v) is 3.53. The van der Waals surface area contributed by atoms with E-state index in [9.17, 15) is 5.11 Å². The van der Waals surface area contributed by atoms with E-state index >= 15 is 0 Å². The maximum atomic E-state index is 10.2. The van der Waals surface area contributed by atoms with E-state index in [1.165, 1.54) is 0 Å². The van der Waals surface area contributed by atoms with Crippen molar-refractivity contribution in [3.05, 3.63) is 17.7 Å². The maximum absolute atomic E-state index is 10.2. The Bertz CT molecular complexity index is 423. The Morgan fingerprint density at radius 2 is 1.52 bits per heavy atom. The minimum absolute atomic E-state index is 0.488. The molecule has 0 aromatic heterocycles. The van der Waals surface area contributed by atoms with E-state index in [-0.39, 0.29) is 0 Å². The lowest BCUT2D eigenvalue weighted by Crippen LogP contribution is -2.26. The summed E-state index contributed by atoms with van der Waals surface area (Å²) >= 11 is 0. The summed E-state index contributed by atoms with van der Waals surface area (Å²) < 4.78 is 15.9. The Hall–Kier alpha value is -1.46. The van der Waals surface area contributed by atoms with Crippen molar-refractivity contribution in [1.29, 1.82) is 0 Å². The van der Waals surface area contributed by atoms with E-state index in [0.29, 0.717) is 29.6 Å². The van der Waals surface area contributed by atoms with Crippen LogP contribution in [0, 0.1) is 5.92 Å². The van der Waals surface area contributed by atoms with Gasteiger partial charge in [0.05, 0.1) is 33.5 Å². The van der Waals surface area contributed by atoms with Gasteiger partial charge in [-0.1, -0.05) is 13.8 Å². The molecule has 0 unspecified atom stereocenters. The van der Waals surface area contributed by atoms with Crippen LogP contribution in [0.25, 0.3) is 0 Å². The first-order valence-electron chi connectivity index (χ1n) is 7.18. The highest BCUT2D eigenvalue weighted by molar-refractivity contribution is 5.54. The largest absolute Gasteiger partial charge is 0.493 e. The summed E-state index contributed by atoms with van der Waals surface area (Å²) in [5, 5.41) is 10.2. The number of hydrogen-bond donors (Lipinski definition) is 2. The molecule has 1 rings (SSSR count). The molecule has 0 aliphatic rings. The van der Waals surface area contributed by atoms with Gasteiger partial charge in [0.15, 0.2) is 11.5 Å². The van der Waals surface area contributed by atoms with E-state index < -0.39 is 12.1 Å². The number of nitrogens with two attached hydrogens (primary N) is 1. The van der Waals surface area contributed by atoms with Gasteiger partial charge in [0.25, 0.3) is 0 Å². The first kappa shape index (κ1) is 17.6. The average molecular weight is 297 g/mol. The predicted octanol–water partition coefficient (Wildman–Crippen LogP) is 2.51. The Balaban J connectivity index is 3.01. The second-order valence-electron chi connectivity index (χ2n) is 5.52. The van der Waals surface area contributed by atoms with Crippen molar-refractivity contribution in [2.45, 2.75) is 38.8 Å². The SMILES string of the molecule is COc1cc([C@@H](N)[C@@H](O)CCC(C)C)cc(OC)c1OC. The number of aliphatic hydroxyl groups is 1. The Kier molecular flexibility index (Phi) is 6.78. The van der Waals surface area contributed by atoms with Crippen LogP contribution >= 0.6 is 0 Å². The summed E-state index contributed by atoms with van der Waals surface area (Å²) in [6.45, 7) is 4.25. The highest BCUT2D eigenvalue weighted by Gasteiger charge is 2.21. The summed E-state index contributed by atoms with van der Waals surface area (Å²) in [5.74, 6) is 2.14. The summed E-state index contributed by atoms with van der Waals surface area (Å²) in [5.41, 5.74) is 6.93. The summed E-state index contributed by atoms with van der Waals surface area (Å²) in [6.07, 6.45) is 0.990. The molecule has 0 amide bonds. The zero-order valence-electron chi connectivity index (χ0n) is 13.6. The fraction of sp³-hybridized carbons (Fsp3) is 0.625. The fourth-order valence-electron chi connectivity index (χ4n) is 2.20. The van der Waals surface area contributed by atoms with Crippen LogP contribution in [0.3, 0.4) is 0 Å². The minimum Gasteiger partial charge on any atom is -0.493 e. The fourth-order valence-corrected chi connectivity index (χ4v) is 2.20. The highest BCUT2D eigenvalue weighted by atomic mass is 16.5. The van der Waals surface area contributed by atoms with Gasteiger partial charge in [-0.05, 0) is 36.5 Å². The molecule has 0 heterocycles. The highest BCUT2D eigenvalue weighted by Crippen LogP contribution is 2.40. The van der Waals surface area contributed by atoms with Crippen LogP contribution in [0.4, 0.5) is 0 Å². The molecule has 3 N–H and O–H groups in total. The molecule has 2 atom stereocenters. The van der Waals surface area contributed by atoms with Crippen LogP contribution in [-0.2, 0) is 0 Å². The van der Waals surface area contributed by atoms with Gasteiger partial charge in [0, 0.05) is 0 Å². The van der Waals surface area contributed by atoms with Gasteiger partial charge < -0.3 is 25.1 Å². The zero-order chi connectivity index (χ0) is 16.0. The van der Waals surface area contributed by atoms with Crippen molar-refractivity contribution in [3.8, 4) is 17.2 Å². The topological polar surface area (TPSA) is 73.9 Å². The lowest BCUT2D eigenvalue weighted by atomic mass is 9.95. The number of hydrogen-bond acceptors (Lipinski definition) is 5. The Labute approximate surface area is 127 Å². The lowest BCUT2D eigenvalue weighted by Gasteiger charge is -2.22. The third kappa shape index (κ3) is 4.51. The van der Waals surface area contributed by atoms with Crippen molar-refractivity contribution >= 4 is 0 Å². The number of methoxy groups -OCH3 is 3. The number of rotatable bonds is 8. The maximum Gasteiger partial charge on any atom is 0.203 e. The minimum atomic E-state index is -0.602. The average Bonchev–Trinajstić information content (AvgIpc) is 2.49. The number of aliphatic hydroxyl groups excluding tert-OH is 1. The van der Waals surface area contributed by atoms with Crippen molar-refractivity contribution in [2.24, 2.45) is 11.7 Å². The zero-order valence-corrected chi connectivity index (χ0v) is 13.6. The molecule has 5 nitrogen and oxygen atoms in total. The lowest BCUT2D eigenvalue weighted by molar-refractivity contribution is 0.128. The first-order valence-corrected chi connectivity index (χ1v) is 7.18. The Morgan fingerprint density at radius 1 is 1.00 bits per heavy atom. The molecule has 0 saturated carbocycles. The van der Waals surface area contributed by atoms with E-state index in [2.05, 4.69) is 13.8 Å². The summed E-state index contributed by atoms with van der Waals surface area (Å²) in [6, 6.07) is 3.08. The van der Waals surface area contributed by atoms with Gasteiger partial charge in [-0.3, -0.25) is 0 Å². The number of benzene rings is 1. The normalized spacial score (nSPS) is 13.9. The van der Waals surface area contributed by atoms with Crippen molar-refractivity contribution < 1.29 is 19.3 Å². The molecule has 0 spiro atoms.